The van der Waals surface area contributed by atoms with Gasteiger partial charge in [-0.05, 0) is 51.4 Å². The second-order valence-electron chi connectivity index (χ2n) is 7.15. The molecule has 0 saturated heterocycles. The van der Waals surface area contributed by atoms with Gasteiger partial charge in [-0.1, -0.05) is 27.2 Å². The molecular weight excluding hydrogens is 266 g/mol. The van der Waals surface area contributed by atoms with Crippen molar-refractivity contribution in [3.63, 3.8) is 0 Å². The van der Waals surface area contributed by atoms with Crippen LogP contribution in [0.25, 0.3) is 0 Å². The summed E-state index contributed by atoms with van der Waals surface area (Å²) in [5.41, 5.74) is 0. The Labute approximate surface area is 129 Å². The van der Waals surface area contributed by atoms with Crippen LogP contribution in [0.15, 0.2) is 0 Å². The molecule has 0 spiro atoms. The van der Waals surface area contributed by atoms with E-state index < -0.39 is 6.04 Å². The Hall–Kier alpha value is -1.06. The minimum Gasteiger partial charge on any atom is -0.461 e. The lowest BCUT2D eigenvalue weighted by molar-refractivity contribution is -0.151. The number of esters is 1. The van der Waals surface area contributed by atoms with Gasteiger partial charge in [0.15, 0.2) is 0 Å². The molecule has 1 aliphatic carbocycles. The standard InChI is InChI=1S/C17H31NO3/c1-10(2)14-8-7-12(5)9-15(14)16(19)18-13(6)17(20)21-11(3)4/h10-15H,7-9H2,1-6H3,(H,18,19)/t12-,13-,14+,15-/m1/s1. The number of hydrogen-bond donors (Lipinski definition) is 1. The number of carbonyl (C=O) groups is 2. The average Bonchev–Trinajstić information content (AvgIpc) is 2.37. The Morgan fingerprint density at radius 2 is 1.71 bits per heavy atom. The molecule has 1 saturated carbocycles. The highest BCUT2D eigenvalue weighted by Crippen LogP contribution is 2.38. The molecule has 0 aromatic rings. The summed E-state index contributed by atoms with van der Waals surface area (Å²) >= 11 is 0. The first-order valence-corrected chi connectivity index (χ1v) is 8.23. The molecule has 1 N–H and O–H groups in total. The van der Waals surface area contributed by atoms with Crippen molar-refractivity contribution in [3.8, 4) is 0 Å². The summed E-state index contributed by atoms with van der Waals surface area (Å²) in [5.74, 6) is 1.15. The highest BCUT2D eigenvalue weighted by Gasteiger charge is 2.36. The van der Waals surface area contributed by atoms with Gasteiger partial charge in [-0.15, -0.1) is 0 Å². The molecule has 122 valence electrons. The number of nitrogens with one attached hydrogen (secondary N) is 1. The molecule has 0 heterocycles. The van der Waals surface area contributed by atoms with Crippen LogP contribution in [0.2, 0.25) is 0 Å². The van der Waals surface area contributed by atoms with Gasteiger partial charge >= 0.3 is 5.97 Å². The highest BCUT2D eigenvalue weighted by molar-refractivity contribution is 5.85. The lowest BCUT2D eigenvalue weighted by Crippen LogP contribution is -2.46. The van der Waals surface area contributed by atoms with Crippen LogP contribution in [0, 0.1) is 23.7 Å². The van der Waals surface area contributed by atoms with Crippen molar-refractivity contribution in [2.75, 3.05) is 0 Å². The third-order valence-electron chi connectivity index (χ3n) is 4.42. The van der Waals surface area contributed by atoms with Crippen LogP contribution in [0.5, 0.6) is 0 Å². The first kappa shape index (κ1) is 18.0. The summed E-state index contributed by atoms with van der Waals surface area (Å²) in [6, 6.07) is -0.579. The largest absolute Gasteiger partial charge is 0.461 e. The molecule has 0 aliphatic heterocycles. The fourth-order valence-corrected chi connectivity index (χ4v) is 3.22. The first-order valence-electron chi connectivity index (χ1n) is 8.23. The van der Waals surface area contributed by atoms with Crippen LogP contribution in [-0.4, -0.2) is 24.0 Å². The summed E-state index contributed by atoms with van der Waals surface area (Å²) < 4.78 is 5.14. The minimum absolute atomic E-state index is 0.00783. The van der Waals surface area contributed by atoms with E-state index in [9.17, 15) is 9.59 Å². The van der Waals surface area contributed by atoms with Crippen LogP contribution in [0.4, 0.5) is 0 Å². The molecule has 0 unspecified atom stereocenters. The molecule has 4 heteroatoms. The Balaban J connectivity index is 2.64. The van der Waals surface area contributed by atoms with E-state index in [1.807, 2.05) is 13.8 Å². The SMILES string of the molecule is CC(C)OC(=O)[C@@H](C)NC(=O)[C@@H]1C[C@H](C)CC[C@H]1C(C)C. The Kier molecular flexibility index (Phi) is 6.69. The topological polar surface area (TPSA) is 55.4 Å². The van der Waals surface area contributed by atoms with Crippen molar-refractivity contribution in [2.24, 2.45) is 23.7 Å². The van der Waals surface area contributed by atoms with E-state index in [0.717, 1.165) is 12.8 Å². The Morgan fingerprint density at radius 3 is 2.24 bits per heavy atom. The molecule has 0 aromatic carbocycles. The van der Waals surface area contributed by atoms with E-state index in [-0.39, 0.29) is 23.9 Å². The summed E-state index contributed by atoms with van der Waals surface area (Å²) in [7, 11) is 0. The van der Waals surface area contributed by atoms with Gasteiger partial charge in [-0.2, -0.15) is 0 Å². The van der Waals surface area contributed by atoms with Crippen molar-refractivity contribution in [1.82, 2.24) is 5.32 Å². The number of amides is 1. The van der Waals surface area contributed by atoms with Crippen molar-refractivity contribution < 1.29 is 14.3 Å². The molecule has 1 aliphatic rings. The van der Waals surface area contributed by atoms with Gasteiger partial charge < -0.3 is 10.1 Å². The maximum absolute atomic E-state index is 12.5. The van der Waals surface area contributed by atoms with Crippen molar-refractivity contribution in [3.05, 3.63) is 0 Å². The van der Waals surface area contributed by atoms with E-state index in [2.05, 4.69) is 26.1 Å². The van der Waals surface area contributed by atoms with Crippen molar-refractivity contribution >= 4 is 11.9 Å². The predicted molar refractivity (Wildman–Crippen MR) is 83.7 cm³/mol. The van der Waals surface area contributed by atoms with Crippen LogP contribution in [0.1, 0.15) is 60.8 Å². The predicted octanol–water partition coefficient (Wildman–Crippen LogP) is 3.15. The van der Waals surface area contributed by atoms with E-state index in [4.69, 9.17) is 4.74 Å². The zero-order chi connectivity index (χ0) is 16.2. The third kappa shape index (κ3) is 5.33. The summed E-state index contributed by atoms with van der Waals surface area (Å²) in [5, 5.41) is 2.85. The second-order valence-corrected chi connectivity index (χ2v) is 7.15. The maximum Gasteiger partial charge on any atom is 0.328 e. The van der Waals surface area contributed by atoms with Crippen LogP contribution in [0.3, 0.4) is 0 Å². The third-order valence-corrected chi connectivity index (χ3v) is 4.42. The fraction of sp³-hybridized carbons (Fsp3) is 0.882. The number of carbonyl (C=O) groups excluding carboxylic acids is 2. The first-order chi connectivity index (χ1) is 9.72. The van der Waals surface area contributed by atoms with E-state index in [0.29, 0.717) is 17.8 Å². The van der Waals surface area contributed by atoms with E-state index >= 15 is 0 Å². The smallest absolute Gasteiger partial charge is 0.328 e. The van der Waals surface area contributed by atoms with E-state index in [1.165, 1.54) is 6.42 Å². The minimum atomic E-state index is -0.579. The number of rotatable bonds is 5. The molecule has 1 fully saturated rings. The Morgan fingerprint density at radius 1 is 1.10 bits per heavy atom. The van der Waals surface area contributed by atoms with Gasteiger partial charge in [-0.25, -0.2) is 4.79 Å². The van der Waals surface area contributed by atoms with Crippen LogP contribution in [-0.2, 0) is 14.3 Å². The van der Waals surface area contributed by atoms with Gasteiger partial charge in [0.2, 0.25) is 5.91 Å². The lowest BCUT2D eigenvalue weighted by Gasteiger charge is -2.36. The normalized spacial score (nSPS) is 27.5. The van der Waals surface area contributed by atoms with Crippen LogP contribution < -0.4 is 5.32 Å². The highest BCUT2D eigenvalue weighted by atomic mass is 16.5. The molecule has 0 bridgehead atoms. The molecule has 1 amide bonds. The number of ether oxygens (including phenoxy) is 1. The fourth-order valence-electron chi connectivity index (χ4n) is 3.22. The average molecular weight is 297 g/mol. The molecule has 21 heavy (non-hydrogen) atoms. The molecule has 1 rings (SSSR count). The molecule has 4 nitrogen and oxygen atoms in total. The number of hydrogen-bond acceptors (Lipinski definition) is 3. The van der Waals surface area contributed by atoms with Gasteiger partial charge in [0.05, 0.1) is 6.10 Å². The summed E-state index contributed by atoms with van der Waals surface area (Å²) in [4.78, 5) is 24.4. The molecule has 0 radical (unpaired) electrons. The molecular formula is C17H31NO3. The van der Waals surface area contributed by atoms with Crippen LogP contribution >= 0.6 is 0 Å². The van der Waals surface area contributed by atoms with E-state index in [1.54, 1.807) is 6.92 Å². The van der Waals surface area contributed by atoms with Gasteiger partial charge in [0.25, 0.3) is 0 Å². The lowest BCUT2D eigenvalue weighted by atomic mass is 9.69. The van der Waals surface area contributed by atoms with Crippen molar-refractivity contribution in [1.29, 1.82) is 0 Å². The quantitative estimate of drug-likeness (QED) is 0.793. The summed E-state index contributed by atoms with van der Waals surface area (Å²) in [6.45, 7) is 11.9. The molecule has 0 aromatic heterocycles. The monoisotopic (exact) mass is 297 g/mol. The summed E-state index contributed by atoms with van der Waals surface area (Å²) in [6.07, 6.45) is 3.05. The van der Waals surface area contributed by atoms with Gasteiger partial charge in [0, 0.05) is 5.92 Å². The zero-order valence-electron chi connectivity index (χ0n) is 14.3. The van der Waals surface area contributed by atoms with Gasteiger partial charge in [0.1, 0.15) is 6.04 Å². The zero-order valence-corrected chi connectivity index (χ0v) is 14.3. The molecule has 4 atom stereocenters. The Bertz CT molecular complexity index is 365. The van der Waals surface area contributed by atoms with Crippen molar-refractivity contribution in [2.45, 2.75) is 73.0 Å². The maximum atomic E-state index is 12.5. The second kappa shape index (κ2) is 7.81. The van der Waals surface area contributed by atoms with Gasteiger partial charge in [-0.3, -0.25) is 4.79 Å².